The molecule has 37 heavy (non-hydrogen) atoms. The molecule has 0 unspecified atom stereocenters. The average Bonchev–Trinajstić information content (AvgIpc) is 3.29. The number of hydrogen-bond donors (Lipinski definition) is 2. The highest BCUT2D eigenvalue weighted by molar-refractivity contribution is 5.94. The largest absolute Gasteiger partial charge is 0.497 e. The fourth-order valence-corrected chi connectivity index (χ4v) is 4.08. The van der Waals surface area contributed by atoms with E-state index in [1.54, 1.807) is 24.3 Å². The molecular formula is C28H27N3O6. The zero-order chi connectivity index (χ0) is 26.2. The van der Waals surface area contributed by atoms with Crippen molar-refractivity contribution in [3.05, 3.63) is 96.1 Å². The molecular weight excluding hydrogens is 474 g/mol. The number of methoxy groups -OCH3 is 1. The first-order chi connectivity index (χ1) is 17.9. The van der Waals surface area contributed by atoms with Crippen molar-refractivity contribution in [2.45, 2.75) is 12.3 Å². The molecule has 9 heteroatoms. The lowest BCUT2D eigenvalue weighted by molar-refractivity contribution is -0.151. The van der Waals surface area contributed by atoms with Gasteiger partial charge in [0.15, 0.2) is 6.61 Å². The molecule has 3 aromatic carbocycles. The Kier molecular flexibility index (Phi) is 8.15. The van der Waals surface area contributed by atoms with Crippen LogP contribution in [0.3, 0.4) is 0 Å². The van der Waals surface area contributed by atoms with E-state index in [1.165, 1.54) is 7.11 Å². The summed E-state index contributed by atoms with van der Waals surface area (Å²) >= 11 is 0. The molecule has 0 aromatic heterocycles. The molecule has 0 saturated carbocycles. The minimum atomic E-state index is -0.798. The highest BCUT2D eigenvalue weighted by Crippen LogP contribution is 2.26. The Morgan fingerprint density at radius 2 is 1.51 bits per heavy atom. The lowest BCUT2D eigenvalue weighted by atomic mass is 9.91. The predicted molar refractivity (Wildman–Crippen MR) is 135 cm³/mol. The maximum atomic E-state index is 13.3. The lowest BCUT2D eigenvalue weighted by Gasteiger charge is -2.23. The second-order valence-electron chi connectivity index (χ2n) is 8.52. The summed E-state index contributed by atoms with van der Waals surface area (Å²) < 4.78 is 10.2. The van der Waals surface area contributed by atoms with Crippen LogP contribution in [0.1, 0.15) is 23.5 Å². The minimum absolute atomic E-state index is 0.0419. The first kappa shape index (κ1) is 25.4. The summed E-state index contributed by atoms with van der Waals surface area (Å²) in [6.45, 7) is -0.536. The molecule has 190 valence electrons. The van der Waals surface area contributed by atoms with Gasteiger partial charge in [-0.05, 0) is 35.4 Å². The maximum Gasteiger partial charge on any atom is 0.311 e. The molecule has 0 radical (unpaired) electrons. The number of esters is 1. The molecule has 1 aliphatic rings. The van der Waals surface area contributed by atoms with Crippen LogP contribution >= 0.6 is 0 Å². The number of hydrogen-bond acceptors (Lipinski definition) is 6. The predicted octanol–water partition coefficient (Wildman–Crippen LogP) is 2.89. The summed E-state index contributed by atoms with van der Waals surface area (Å²) in [6, 6.07) is 25.2. The highest BCUT2D eigenvalue weighted by atomic mass is 16.5. The Morgan fingerprint density at radius 1 is 0.919 bits per heavy atom. The smallest absolute Gasteiger partial charge is 0.311 e. The Balaban J connectivity index is 1.32. The highest BCUT2D eigenvalue weighted by Gasteiger charge is 2.37. The van der Waals surface area contributed by atoms with E-state index in [-0.39, 0.29) is 13.0 Å². The maximum absolute atomic E-state index is 13.3. The third-order valence-corrected chi connectivity index (χ3v) is 5.95. The number of amides is 3. The third kappa shape index (κ3) is 6.52. The summed E-state index contributed by atoms with van der Waals surface area (Å²) in [5.41, 5.74) is 4.74. The van der Waals surface area contributed by atoms with E-state index in [0.717, 1.165) is 16.1 Å². The SMILES string of the molecule is COc1ccc(NC(=O)COC(=O)[C@H]2CC(=O)N(NC(=O)C(c3ccccc3)c3ccccc3)C2)cc1. The van der Waals surface area contributed by atoms with Gasteiger partial charge in [-0.2, -0.15) is 0 Å². The molecule has 9 nitrogen and oxygen atoms in total. The number of carbonyl (C=O) groups excluding carboxylic acids is 4. The molecule has 3 amide bonds. The summed E-state index contributed by atoms with van der Waals surface area (Å²) in [5.74, 6) is -2.78. The van der Waals surface area contributed by atoms with Gasteiger partial charge in [0.2, 0.25) is 5.91 Å². The second-order valence-corrected chi connectivity index (χ2v) is 8.52. The van der Waals surface area contributed by atoms with E-state index in [2.05, 4.69) is 10.7 Å². The third-order valence-electron chi connectivity index (χ3n) is 5.95. The van der Waals surface area contributed by atoms with Crippen LogP contribution in [0.2, 0.25) is 0 Å². The zero-order valence-electron chi connectivity index (χ0n) is 20.3. The summed E-state index contributed by atoms with van der Waals surface area (Å²) in [5, 5.41) is 3.76. The first-order valence-corrected chi connectivity index (χ1v) is 11.8. The van der Waals surface area contributed by atoms with Crippen LogP contribution in [0.4, 0.5) is 5.69 Å². The van der Waals surface area contributed by atoms with Gasteiger partial charge < -0.3 is 14.8 Å². The first-order valence-electron chi connectivity index (χ1n) is 11.8. The van der Waals surface area contributed by atoms with Gasteiger partial charge in [-0.1, -0.05) is 60.7 Å². The fraction of sp³-hybridized carbons (Fsp3) is 0.214. The van der Waals surface area contributed by atoms with E-state index in [4.69, 9.17) is 9.47 Å². The van der Waals surface area contributed by atoms with Gasteiger partial charge in [-0.25, -0.2) is 0 Å². The topological polar surface area (TPSA) is 114 Å². The number of benzene rings is 3. The van der Waals surface area contributed by atoms with Crippen LogP contribution in [0.15, 0.2) is 84.9 Å². The molecule has 1 fully saturated rings. The molecule has 1 aliphatic heterocycles. The molecule has 3 aromatic rings. The number of rotatable bonds is 9. The van der Waals surface area contributed by atoms with E-state index >= 15 is 0 Å². The van der Waals surface area contributed by atoms with E-state index in [1.807, 2.05) is 60.7 Å². The summed E-state index contributed by atoms with van der Waals surface area (Å²) in [6.07, 6.45) is -0.124. The average molecular weight is 502 g/mol. The number of hydrazine groups is 1. The quantitative estimate of drug-likeness (QED) is 0.436. The molecule has 4 rings (SSSR count). The number of anilines is 1. The number of ether oxygens (including phenoxy) is 2. The van der Waals surface area contributed by atoms with Crippen molar-refractivity contribution >= 4 is 29.4 Å². The van der Waals surface area contributed by atoms with Crippen LogP contribution < -0.4 is 15.5 Å². The Morgan fingerprint density at radius 3 is 2.08 bits per heavy atom. The van der Waals surface area contributed by atoms with Gasteiger partial charge in [0.1, 0.15) is 5.75 Å². The van der Waals surface area contributed by atoms with Gasteiger partial charge in [0.25, 0.3) is 11.8 Å². The molecule has 0 bridgehead atoms. The monoisotopic (exact) mass is 501 g/mol. The van der Waals surface area contributed by atoms with Crippen molar-refractivity contribution in [3.63, 3.8) is 0 Å². The Hall–Kier alpha value is -4.66. The molecule has 1 heterocycles. The van der Waals surface area contributed by atoms with Crippen molar-refractivity contribution < 1.29 is 28.7 Å². The molecule has 0 aliphatic carbocycles. The van der Waals surface area contributed by atoms with Crippen molar-refractivity contribution in [2.24, 2.45) is 5.92 Å². The number of nitrogens with zero attached hydrogens (tertiary/aromatic N) is 1. The van der Waals surface area contributed by atoms with Gasteiger partial charge in [-0.15, -0.1) is 0 Å². The van der Waals surface area contributed by atoms with Gasteiger partial charge in [-0.3, -0.25) is 29.6 Å². The molecule has 1 atom stereocenters. The number of nitrogens with one attached hydrogen (secondary N) is 2. The Labute approximate surface area is 214 Å². The Bertz CT molecular complexity index is 1210. The summed E-state index contributed by atoms with van der Waals surface area (Å²) in [7, 11) is 1.54. The lowest BCUT2D eigenvalue weighted by Crippen LogP contribution is -2.45. The van der Waals surface area contributed by atoms with Crippen molar-refractivity contribution in [3.8, 4) is 5.75 Å². The normalized spacial score (nSPS) is 14.8. The van der Waals surface area contributed by atoms with Crippen LogP contribution in [-0.4, -0.2) is 49.0 Å². The summed E-state index contributed by atoms with van der Waals surface area (Å²) in [4.78, 5) is 50.5. The molecule has 2 N–H and O–H groups in total. The van der Waals surface area contributed by atoms with Crippen molar-refractivity contribution in [2.75, 3.05) is 25.6 Å². The van der Waals surface area contributed by atoms with Crippen LogP contribution in [0.25, 0.3) is 0 Å². The van der Waals surface area contributed by atoms with Crippen molar-refractivity contribution in [1.29, 1.82) is 0 Å². The van der Waals surface area contributed by atoms with Gasteiger partial charge in [0, 0.05) is 12.1 Å². The fourth-order valence-electron chi connectivity index (χ4n) is 4.08. The van der Waals surface area contributed by atoms with E-state index < -0.39 is 42.1 Å². The van der Waals surface area contributed by atoms with Crippen LogP contribution in [0, 0.1) is 5.92 Å². The zero-order valence-corrected chi connectivity index (χ0v) is 20.3. The van der Waals surface area contributed by atoms with E-state index in [9.17, 15) is 19.2 Å². The minimum Gasteiger partial charge on any atom is -0.497 e. The number of carbonyl (C=O) groups is 4. The second kappa shape index (κ2) is 11.9. The van der Waals surface area contributed by atoms with Crippen LogP contribution in [-0.2, 0) is 23.9 Å². The molecule has 1 saturated heterocycles. The standard InChI is InChI=1S/C28H27N3O6/c1-36-23-14-12-22(13-15-23)29-24(32)18-37-28(35)21-16-25(33)31(17-21)30-27(34)26(19-8-4-2-5-9-19)20-10-6-3-7-11-20/h2-15,21,26H,16-18H2,1H3,(H,29,32)(H,30,34)/t21-/m0/s1. The van der Waals surface area contributed by atoms with Gasteiger partial charge in [0.05, 0.1) is 25.5 Å². The van der Waals surface area contributed by atoms with Crippen LogP contribution in [0.5, 0.6) is 5.75 Å². The van der Waals surface area contributed by atoms with Gasteiger partial charge >= 0.3 is 5.97 Å². The van der Waals surface area contributed by atoms with Crippen molar-refractivity contribution in [1.82, 2.24) is 10.4 Å². The van der Waals surface area contributed by atoms with E-state index in [0.29, 0.717) is 11.4 Å². The molecule has 0 spiro atoms.